The predicted molar refractivity (Wildman–Crippen MR) is 74.7 cm³/mol. The summed E-state index contributed by atoms with van der Waals surface area (Å²) in [6, 6.07) is 7.69. The third-order valence-electron chi connectivity index (χ3n) is 2.49. The van der Waals surface area contributed by atoms with E-state index < -0.39 is 10.8 Å². The first-order valence-corrected chi connectivity index (χ1v) is 5.82. The van der Waals surface area contributed by atoms with Gasteiger partial charge >= 0.3 is 0 Å². The number of nitrogens with one attached hydrogen (secondary N) is 1. The van der Waals surface area contributed by atoms with Gasteiger partial charge in [-0.05, 0) is 12.1 Å². The van der Waals surface area contributed by atoms with Crippen molar-refractivity contribution in [1.82, 2.24) is 4.98 Å². The molecule has 1 amide bonds. The first-order chi connectivity index (χ1) is 9.49. The van der Waals surface area contributed by atoms with E-state index in [1.54, 1.807) is 24.3 Å². The summed E-state index contributed by atoms with van der Waals surface area (Å²) in [6.07, 6.45) is 0.982. The summed E-state index contributed by atoms with van der Waals surface area (Å²) < 4.78 is 0. The number of carbonyl (C=O) groups is 1. The minimum absolute atomic E-state index is 0.0934. The largest absolute Gasteiger partial charge is 0.397 e. The highest BCUT2D eigenvalue weighted by Crippen LogP contribution is 2.22. The molecular formula is C12H9ClN4O3. The average Bonchev–Trinajstić information content (AvgIpc) is 2.41. The van der Waals surface area contributed by atoms with Crippen molar-refractivity contribution < 1.29 is 9.72 Å². The standard InChI is InChI=1S/C12H9ClN4O3/c13-11-8(5-7(6-15-11)17(19)20)12(18)16-10-4-2-1-3-9(10)14/h1-6H,14H2,(H,16,18). The van der Waals surface area contributed by atoms with E-state index in [1.807, 2.05) is 0 Å². The van der Waals surface area contributed by atoms with E-state index >= 15 is 0 Å². The van der Waals surface area contributed by atoms with Gasteiger partial charge < -0.3 is 11.1 Å². The van der Waals surface area contributed by atoms with Crippen LogP contribution in [0.5, 0.6) is 0 Å². The lowest BCUT2D eigenvalue weighted by Crippen LogP contribution is -2.14. The summed E-state index contributed by atoms with van der Waals surface area (Å²) >= 11 is 5.78. The van der Waals surface area contributed by atoms with Crippen molar-refractivity contribution in [3.05, 3.63) is 57.4 Å². The summed E-state index contributed by atoms with van der Waals surface area (Å²) in [5.74, 6) is -0.621. The molecule has 8 heteroatoms. The second kappa shape index (κ2) is 5.54. The molecule has 0 aliphatic carbocycles. The van der Waals surface area contributed by atoms with Crippen molar-refractivity contribution in [2.24, 2.45) is 0 Å². The Morgan fingerprint density at radius 2 is 2.10 bits per heavy atom. The van der Waals surface area contributed by atoms with Crippen LogP contribution in [0.2, 0.25) is 5.15 Å². The molecule has 0 fully saturated rings. The Balaban J connectivity index is 2.32. The maximum atomic E-state index is 12.0. The number of rotatable bonds is 3. The number of nitro groups is 1. The maximum absolute atomic E-state index is 12.0. The number of para-hydroxylation sites is 2. The van der Waals surface area contributed by atoms with Crippen LogP contribution in [0.25, 0.3) is 0 Å². The Morgan fingerprint density at radius 3 is 2.75 bits per heavy atom. The first kappa shape index (κ1) is 13.8. The number of nitrogen functional groups attached to an aromatic ring is 1. The number of aromatic nitrogens is 1. The Hall–Kier alpha value is -2.67. The Morgan fingerprint density at radius 1 is 1.40 bits per heavy atom. The lowest BCUT2D eigenvalue weighted by atomic mass is 10.2. The number of amides is 1. The van der Waals surface area contributed by atoms with Gasteiger partial charge in [0.15, 0.2) is 0 Å². The SMILES string of the molecule is Nc1ccccc1NC(=O)c1cc([N+](=O)[O-])cnc1Cl. The molecule has 102 valence electrons. The van der Waals surface area contributed by atoms with Crippen LogP contribution in [0, 0.1) is 10.1 Å². The number of hydrogen-bond acceptors (Lipinski definition) is 5. The lowest BCUT2D eigenvalue weighted by molar-refractivity contribution is -0.385. The van der Waals surface area contributed by atoms with Gasteiger partial charge in [0.05, 0.1) is 21.9 Å². The number of carbonyl (C=O) groups excluding carboxylic acids is 1. The molecule has 0 atom stereocenters. The highest BCUT2D eigenvalue weighted by molar-refractivity contribution is 6.33. The fourth-order valence-electron chi connectivity index (χ4n) is 1.50. The maximum Gasteiger partial charge on any atom is 0.288 e. The van der Waals surface area contributed by atoms with Crippen molar-refractivity contribution in [1.29, 1.82) is 0 Å². The Kier molecular flexibility index (Phi) is 3.81. The van der Waals surface area contributed by atoms with Gasteiger partial charge in [0.2, 0.25) is 0 Å². The van der Waals surface area contributed by atoms with Gasteiger partial charge in [-0.15, -0.1) is 0 Å². The molecule has 7 nitrogen and oxygen atoms in total. The molecule has 1 aromatic carbocycles. The normalized spacial score (nSPS) is 10.1. The van der Waals surface area contributed by atoms with Crippen LogP contribution in [-0.2, 0) is 0 Å². The third-order valence-corrected chi connectivity index (χ3v) is 2.79. The van der Waals surface area contributed by atoms with E-state index in [0.29, 0.717) is 11.4 Å². The zero-order valence-corrected chi connectivity index (χ0v) is 10.8. The first-order valence-electron chi connectivity index (χ1n) is 5.45. The Bertz CT molecular complexity index is 690. The molecule has 0 aliphatic rings. The van der Waals surface area contributed by atoms with E-state index in [2.05, 4.69) is 10.3 Å². The second-order valence-corrected chi connectivity index (χ2v) is 4.19. The van der Waals surface area contributed by atoms with Crippen molar-refractivity contribution in [2.75, 3.05) is 11.1 Å². The number of pyridine rings is 1. The van der Waals surface area contributed by atoms with Gasteiger partial charge in [0.25, 0.3) is 11.6 Å². The van der Waals surface area contributed by atoms with Crippen molar-refractivity contribution >= 4 is 34.6 Å². The van der Waals surface area contributed by atoms with Crippen molar-refractivity contribution in [3.63, 3.8) is 0 Å². The van der Waals surface area contributed by atoms with Gasteiger partial charge in [0, 0.05) is 6.07 Å². The van der Waals surface area contributed by atoms with E-state index in [1.165, 1.54) is 0 Å². The minimum atomic E-state index is -0.656. The van der Waals surface area contributed by atoms with Crippen LogP contribution in [0.1, 0.15) is 10.4 Å². The highest BCUT2D eigenvalue weighted by atomic mass is 35.5. The quantitative estimate of drug-likeness (QED) is 0.391. The zero-order valence-electron chi connectivity index (χ0n) is 10.0. The molecule has 0 bridgehead atoms. The van der Waals surface area contributed by atoms with Crippen LogP contribution in [0.4, 0.5) is 17.1 Å². The molecular weight excluding hydrogens is 284 g/mol. The van der Waals surface area contributed by atoms with E-state index in [-0.39, 0.29) is 16.4 Å². The molecule has 0 spiro atoms. The zero-order chi connectivity index (χ0) is 14.7. The lowest BCUT2D eigenvalue weighted by Gasteiger charge is -2.08. The molecule has 2 aromatic rings. The number of halogens is 1. The number of nitrogens with two attached hydrogens (primary N) is 1. The molecule has 2 rings (SSSR count). The summed E-state index contributed by atoms with van der Waals surface area (Å²) in [5, 5.41) is 13.1. The summed E-state index contributed by atoms with van der Waals surface area (Å²) in [7, 11) is 0. The predicted octanol–water partition coefficient (Wildman–Crippen LogP) is 2.48. The molecule has 3 N–H and O–H groups in total. The molecule has 1 heterocycles. The van der Waals surface area contributed by atoms with E-state index in [0.717, 1.165) is 12.3 Å². The second-order valence-electron chi connectivity index (χ2n) is 3.83. The summed E-state index contributed by atoms with van der Waals surface area (Å²) in [4.78, 5) is 25.7. The van der Waals surface area contributed by atoms with E-state index in [4.69, 9.17) is 17.3 Å². The number of hydrogen-bond donors (Lipinski definition) is 2. The topological polar surface area (TPSA) is 111 Å². The number of anilines is 2. The van der Waals surface area contributed by atoms with Crippen LogP contribution in [-0.4, -0.2) is 15.8 Å². The molecule has 0 saturated carbocycles. The fourth-order valence-corrected chi connectivity index (χ4v) is 1.69. The van der Waals surface area contributed by atoms with Crippen LogP contribution in [0.15, 0.2) is 36.5 Å². The molecule has 0 radical (unpaired) electrons. The summed E-state index contributed by atoms with van der Waals surface area (Å²) in [6.45, 7) is 0. The highest BCUT2D eigenvalue weighted by Gasteiger charge is 2.17. The van der Waals surface area contributed by atoms with Crippen molar-refractivity contribution in [2.45, 2.75) is 0 Å². The van der Waals surface area contributed by atoms with Gasteiger partial charge in [-0.25, -0.2) is 4.98 Å². The van der Waals surface area contributed by atoms with Gasteiger partial charge in [-0.1, -0.05) is 23.7 Å². The molecule has 20 heavy (non-hydrogen) atoms. The monoisotopic (exact) mass is 292 g/mol. The molecule has 0 saturated heterocycles. The van der Waals surface area contributed by atoms with Crippen LogP contribution >= 0.6 is 11.6 Å². The van der Waals surface area contributed by atoms with Gasteiger partial charge in [-0.2, -0.15) is 0 Å². The summed E-state index contributed by atoms with van der Waals surface area (Å²) in [5.41, 5.74) is 6.04. The number of benzene rings is 1. The Labute approximate surface area is 118 Å². The van der Waals surface area contributed by atoms with E-state index in [9.17, 15) is 14.9 Å². The van der Waals surface area contributed by atoms with Gasteiger partial charge in [-0.3, -0.25) is 14.9 Å². The molecule has 1 aromatic heterocycles. The smallest absolute Gasteiger partial charge is 0.288 e. The van der Waals surface area contributed by atoms with Gasteiger partial charge in [0.1, 0.15) is 11.3 Å². The average molecular weight is 293 g/mol. The minimum Gasteiger partial charge on any atom is -0.397 e. The number of nitrogens with zero attached hydrogens (tertiary/aromatic N) is 2. The van der Waals surface area contributed by atoms with Crippen molar-refractivity contribution in [3.8, 4) is 0 Å². The molecule has 0 unspecified atom stereocenters. The third kappa shape index (κ3) is 2.83. The van der Waals surface area contributed by atoms with Crippen LogP contribution < -0.4 is 11.1 Å². The fraction of sp³-hybridized carbons (Fsp3) is 0. The van der Waals surface area contributed by atoms with Crippen LogP contribution in [0.3, 0.4) is 0 Å². The molecule has 0 aliphatic heterocycles.